The lowest BCUT2D eigenvalue weighted by atomic mass is 9.59. The van der Waals surface area contributed by atoms with Crippen LogP contribution in [0.15, 0.2) is 50.5 Å². The van der Waals surface area contributed by atoms with Crippen molar-refractivity contribution in [2.24, 2.45) is 15.4 Å². The van der Waals surface area contributed by atoms with Crippen molar-refractivity contribution in [2.45, 2.75) is 64.3 Å². The van der Waals surface area contributed by atoms with Gasteiger partial charge < -0.3 is 28.4 Å². The lowest BCUT2D eigenvalue weighted by molar-refractivity contribution is -0.143. The maximum atomic E-state index is 14.1. The second kappa shape index (κ2) is 11.6. The number of nitriles is 1. The highest BCUT2D eigenvalue weighted by atomic mass is 35.5. The first-order chi connectivity index (χ1) is 21.4. The Hall–Kier alpha value is -4.70. The van der Waals surface area contributed by atoms with Crippen molar-refractivity contribution in [1.29, 1.82) is 5.26 Å². The number of carbonyl (C=O) groups is 4. The minimum Gasteiger partial charge on any atom is -0.483 e. The van der Waals surface area contributed by atoms with Gasteiger partial charge in [-0.3, -0.25) is 4.99 Å². The van der Waals surface area contributed by atoms with Gasteiger partial charge in [0.1, 0.15) is 16.9 Å². The Kier molecular flexibility index (Phi) is 8.61. The topological polar surface area (TPSA) is 172 Å². The van der Waals surface area contributed by atoms with Crippen LogP contribution >= 0.6 is 11.6 Å². The fraction of sp³-hybridized carbons (Fsp3) is 0.469. The van der Waals surface area contributed by atoms with Crippen LogP contribution in [-0.4, -0.2) is 81.1 Å². The summed E-state index contributed by atoms with van der Waals surface area (Å²) in [4.78, 5) is 64.2. The van der Waals surface area contributed by atoms with E-state index < -0.39 is 74.4 Å². The first kappa shape index (κ1) is 34.2. The molecular weight excluding hydrogens is 622 g/mol. The van der Waals surface area contributed by atoms with Crippen LogP contribution in [0.1, 0.15) is 47.1 Å². The van der Waals surface area contributed by atoms with Gasteiger partial charge in [-0.05, 0) is 59.7 Å². The Morgan fingerprint density at radius 2 is 1.39 bits per heavy atom. The third kappa shape index (κ3) is 5.01. The maximum Gasteiger partial charge on any atom is 0.344 e. The van der Waals surface area contributed by atoms with E-state index in [0.29, 0.717) is 0 Å². The zero-order chi connectivity index (χ0) is 34.6. The summed E-state index contributed by atoms with van der Waals surface area (Å²) >= 11 is 6.51. The molecule has 1 aromatic carbocycles. The van der Waals surface area contributed by atoms with E-state index in [1.165, 1.54) is 18.2 Å². The third-order valence-electron chi connectivity index (χ3n) is 7.36. The molecule has 0 N–H and O–H groups in total. The van der Waals surface area contributed by atoms with Crippen LogP contribution in [0.3, 0.4) is 0 Å². The average Bonchev–Trinajstić information content (AvgIpc) is 3.45. The Balaban J connectivity index is 2.41. The first-order valence-electron chi connectivity index (χ1n) is 14.0. The smallest absolute Gasteiger partial charge is 0.344 e. The second-order valence-corrected chi connectivity index (χ2v) is 13.0. The first-order valence-corrected chi connectivity index (χ1v) is 14.4. The van der Waals surface area contributed by atoms with E-state index in [0.717, 1.165) is 28.4 Å². The van der Waals surface area contributed by atoms with Gasteiger partial charge >= 0.3 is 23.9 Å². The van der Waals surface area contributed by atoms with Crippen molar-refractivity contribution in [3.63, 3.8) is 0 Å². The molecule has 2 heterocycles. The lowest BCUT2D eigenvalue weighted by Gasteiger charge is -2.49. The summed E-state index contributed by atoms with van der Waals surface area (Å²) in [6, 6.07) is 6.49. The highest BCUT2D eigenvalue weighted by molar-refractivity contribution is 6.33. The summed E-state index contributed by atoms with van der Waals surface area (Å²) in [6.07, 6.45) is -1.72. The van der Waals surface area contributed by atoms with Crippen LogP contribution in [0.2, 0.25) is 5.02 Å². The molecule has 4 rings (SSSR count). The van der Waals surface area contributed by atoms with Crippen molar-refractivity contribution in [3.05, 3.63) is 51.1 Å². The largest absolute Gasteiger partial charge is 0.483 e. The van der Waals surface area contributed by atoms with E-state index in [4.69, 9.17) is 45.0 Å². The van der Waals surface area contributed by atoms with Crippen molar-refractivity contribution < 1.29 is 47.6 Å². The molecular formula is C32H34ClN3O10. The molecule has 0 saturated carbocycles. The van der Waals surface area contributed by atoms with E-state index in [1.54, 1.807) is 41.5 Å². The third-order valence-corrected chi connectivity index (χ3v) is 7.59. The zero-order valence-corrected chi connectivity index (χ0v) is 27.9. The molecule has 0 aromatic heterocycles. The molecule has 0 amide bonds. The average molecular weight is 656 g/mol. The summed E-state index contributed by atoms with van der Waals surface area (Å²) in [7, 11) is 4.33. The summed E-state index contributed by atoms with van der Waals surface area (Å²) in [5.41, 5.74) is -8.97. The Bertz CT molecular complexity index is 1720. The minimum atomic E-state index is -2.44. The molecule has 1 aliphatic carbocycles. The Morgan fingerprint density at radius 1 is 0.848 bits per heavy atom. The van der Waals surface area contributed by atoms with Gasteiger partial charge in [-0.2, -0.15) is 5.26 Å². The summed E-state index contributed by atoms with van der Waals surface area (Å²) < 4.78 is 33.6. The fourth-order valence-corrected chi connectivity index (χ4v) is 6.00. The predicted molar refractivity (Wildman–Crippen MR) is 163 cm³/mol. The zero-order valence-electron chi connectivity index (χ0n) is 27.1. The minimum absolute atomic E-state index is 0.00877. The molecule has 13 nitrogen and oxygen atoms in total. The van der Waals surface area contributed by atoms with Gasteiger partial charge in [0.25, 0.3) is 0 Å². The normalized spacial score (nSPS) is 25.4. The number of benzene rings is 1. The van der Waals surface area contributed by atoms with Crippen LogP contribution in [0, 0.1) is 16.7 Å². The van der Waals surface area contributed by atoms with Crippen molar-refractivity contribution in [1.82, 2.24) is 0 Å². The molecule has 0 fully saturated rings. The lowest BCUT2D eigenvalue weighted by Crippen LogP contribution is -2.62. The molecule has 1 spiro atoms. The molecule has 244 valence electrons. The Labute approximate surface area is 270 Å². The summed E-state index contributed by atoms with van der Waals surface area (Å²) in [5.74, 6) is -4.63. The standard InChI is InChI=1S/C32H34ClN3O10/c1-29(2,3)35-22-18(25(37)41-7)19(26(38)42-8)23-31(22,14-34)32(16-13-15(33)11-12-17(16)45-23)21(28(40)44-10)20(27(39)43-9)24(46-32)36-30(4,5)6/h11-13,23H,1-10H3/t23-,31+,32+/m0/s1. The monoisotopic (exact) mass is 655 g/mol. The number of rotatable bonds is 4. The van der Waals surface area contributed by atoms with Gasteiger partial charge in [0, 0.05) is 10.6 Å². The van der Waals surface area contributed by atoms with Crippen LogP contribution < -0.4 is 4.74 Å². The van der Waals surface area contributed by atoms with Gasteiger partial charge in [0.15, 0.2) is 11.5 Å². The molecule has 0 saturated heterocycles. The molecule has 3 atom stereocenters. The van der Waals surface area contributed by atoms with Crippen molar-refractivity contribution in [3.8, 4) is 11.8 Å². The number of carbonyl (C=O) groups excluding carboxylic acids is 4. The van der Waals surface area contributed by atoms with Crippen LogP contribution in [0.25, 0.3) is 0 Å². The van der Waals surface area contributed by atoms with Gasteiger partial charge in [-0.25, -0.2) is 24.2 Å². The van der Waals surface area contributed by atoms with Crippen LogP contribution in [0.5, 0.6) is 5.75 Å². The second-order valence-electron chi connectivity index (χ2n) is 12.6. The molecule has 3 aliphatic rings. The van der Waals surface area contributed by atoms with Gasteiger partial charge in [-0.15, -0.1) is 0 Å². The van der Waals surface area contributed by atoms with Gasteiger partial charge in [-0.1, -0.05) is 11.6 Å². The maximum absolute atomic E-state index is 14.1. The number of methoxy groups -OCH3 is 4. The predicted octanol–water partition coefficient (Wildman–Crippen LogP) is 3.57. The Morgan fingerprint density at radius 3 is 1.89 bits per heavy atom. The van der Waals surface area contributed by atoms with Gasteiger partial charge in [0.2, 0.25) is 11.5 Å². The number of nitrogens with zero attached hydrogens (tertiary/aromatic N) is 3. The van der Waals surface area contributed by atoms with Crippen LogP contribution in [0.4, 0.5) is 0 Å². The number of hydrogen-bond acceptors (Lipinski definition) is 13. The molecule has 14 heteroatoms. The number of aliphatic imine (C=N–C) groups is 2. The summed E-state index contributed by atoms with van der Waals surface area (Å²) in [5, 5.41) is 11.6. The number of ether oxygens (including phenoxy) is 6. The van der Waals surface area contributed by atoms with Crippen LogP contribution in [-0.2, 0) is 48.5 Å². The molecule has 0 unspecified atom stereocenters. The van der Waals surface area contributed by atoms with E-state index in [1.807, 2.05) is 0 Å². The van der Waals surface area contributed by atoms with Crippen molar-refractivity contribution >= 4 is 47.1 Å². The van der Waals surface area contributed by atoms with Gasteiger partial charge in [0.05, 0.1) is 62.4 Å². The molecule has 0 bridgehead atoms. The summed E-state index contributed by atoms with van der Waals surface area (Å²) in [6.45, 7) is 10.2. The van der Waals surface area contributed by atoms with Crippen molar-refractivity contribution in [2.75, 3.05) is 28.4 Å². The fourth-order valence-electron chi connectivity index (χ4n) is 5.83. The quantitative estimate of drug-likeness (QED) is 0.343. The number of hydrogen-bond donors (Lipinski definition) is 0. The molecule has 1 aromatic rings. The molecule has 0 radical (unpaired) electrons. The number of esters is 4. The van der Waals surface area contributed by atoms with E-state index in [2.05, 4.69) is 11.1 Å². The highest BCUT2D eigenvalue weighted by Gasteiger charge is 2.78. The van der Waals surface area contributed by atoms with E-state index >= 15 is 0 Å². The van der Waals surface area contributed by atoms with E-state index in [9.17, 15) is 24.4 Å². The molecule has 46 heavy (non-hydrogen) atoms. The molecule has 2 aliphatic heterocycles. The number of fused-ring (bicyclic) bond motifs is 4. The number of halogens is 1. The SMILES string of the molecule is COC(=O)C1=C(C(=O)OC)[C@@H]2Oc3ccc(Cl)cc3[C@]3(OC(=NC(C)(C)C)C(C(=O)OC)=C3C(=O)OC)[C@]2(C#N)C1=NC(C)(C)C. The highest BCUT2D eigenvalue weighted by Crippen LogP contribution is 2.65. The van der Waals surface area contributed by atoms with E-state index in [-0.39, 0.29) is 27.9 Å².